The fraction of sp³-hybridized carbons (Fsp3) is 0.250. The normalized spacial score (nSPS) is 10.5. The molecule has 0 N–H and O–H groups in total. The van der Waals surface area contributed by atoms with E-state index in [2.05, 4.69) is 47.6 Å². The predicted octanol–water partition coefficient (Wildman–Crippen LogP) is 1.92. The first kappa shape index (κ1) is 9.00. The van der Waals surface area contributed by atoms with E-state index in [-0.39, 0.29) is 0 Å². The highest BCUT2D eigenvalue weighted by Gasteiger charge is 2.07. The van der Waals surface area contributed by atoms with Crippen molar-refractivity contribution in [2.75, 3.05) is 0 Å². The summed E-state index contributed by atoms with van der Waals surface area (Å²) in [6, 6.07) is 8.54. The molecule has 2 heteroatoms. The number of benzene rings is 1. The van der Waals surface area contributed by atoms with Crippen LogP contribution < -0.4 is 4.68 Å². The van der Waals surface area contributed by atoms with Crippen molar-refractivity contribution in [1.29, 1.82) is 0 Å². The summed E-state index contributed by atoms with van der Waals surface area (Å²) in [5.74, 6) is 0. The lowest BCUT2D eigenvalue weighted by atomic mass is 10.1. The Morgan fingerprint density at radius 2 is 2.00 bits per heavy atom. The molecule has 0 fully saturated rings. The first-order valence-corrected chi connectivity index (χ1v) is 4.79. The average Bonchev–Trinajstić information content (AvgIpc) is 2.52. The number of hydrogen-bond acceptors (Lipinski definition) is 0. The van der Waals surface area contributed by atoms with Gasteiger partial charge in [0.15, 0.2) is 13.2 Å². The lowest BCUT2D eigenvalue weighted by Crippen LogP contribution is -2.36. The monoisotopic (exact) mass is 187 g/mol. The number of hydrogen-bond donors (Lipinski definition) is 0. The smallest absolute Gasteiger partial charge is 0.128 e. The van der Waals surface area contributed by atoms with E-state index in [0.29, 0.717) is 0 Å². The van der Waals surface area contributed by atoms with E-state index >= 15 is 0 Å². The Balaban J connectivity index is 2.58. The van der Waals surface area contributed by atoms with Gasteiger partial charge in [-0.1, -0.05) is 17.7 Å². The van der Waals surface area contributed by atoms with Crippen LogP contribution in [-0.2, 0) is 7.05 Å². The Morgan fingerprint density at radius 3 is 2.57 bits per heavy atom. The molecule has 0 saturated heterocycles. The number of rotatable bonds is 1. The quantitative estimate of drug-likeness (QED) is 0.603. The summed E-state index contributed by atoms with van der Waals surface area (Å²) in [6.45, 7) is 4.26. The van der Waals surface area contributed by atoms with E-state index in [4.69, 9.17) is 0 Å². The minimum absolute atomic E-state index is 1.24. The fourth-order valence-electron chi connectivity index (χ4n) is 1.73. The third kappa shape index (κ3) is 1.43. The molecule has 2 aromatic rings. The van der Waals surface area contributed by atoms with Gasteiger partial charge in [0.05, 0.1) is 6.20 Å². The van der Waals surface area contributed by atoms with Crippen molar-refractivity contribution in [2.24, 2.45) is 7.05 Å². The summed E-state index contributed by atoms with van der Waals surface area (Å²) in [7, 11) is 2.04. The maximum atomic E-state index is 2.20. The van der Waals surface area contributed by atoms with Crippen molar-refractivity contribution in [2.45, 2.75) is 13.8 Å². The van der Waals surface area contributed by atoms with E-state index in [1.165, 1.54) is 16.8 Å². The molecule has 0 bridgehead atoms. The standard InChI is InChI=1S/C12H15N2/c1-10-5-6-12(11(2)9-10)14-8-4-7-13(14)3/h4-9H,1-3H3/q+1. The van der Waals surface area contributed by atoms with Crippen molar-refractivity contribution >= 4 is 0 Å². The molecular weight excluding hydrogens is 172 g/mol. The van der Waals surface area contributed by atoms with Gasteiger partial charge in [-0.3, -0.25) is 0 Å². The highest BCUT2D eigenvalue weighted by atomic mass is 15.4. The van der Waals surface area contributed by atoms with Gasteiger partial charge < -0.3 is 0 Å². The summed E-state index contributed by atoms with van der Waals surface area (Å²) in [4.78, 5) is 0. The van der Waals surface area contributed by atoms with Crippen LogP contribution in [0.2, 0.25) is 0 Å². The van der Waals surface area contributed by atoms with Crippen LogP contribution in [0.15, 0.2) is 36.7 Å². The van der Waals surface area contributed by atoms with Crippen LogP contribution in [0, 0.1) is 13.8 Å². The zero-order valence-electron chi connectivity index (χ0n) is 8.86. The van der Waals surface area contributed by atoms with Crippen LogP contribution >= 0.6 is 0 Å². The molecule has 1 aromatic carbocycles. The molecule has 1 aromatic heterocycles. The van der Waals surface area contributed by atoms with Gasteiger partial charge in [0.1, 0.15) is 5.69 Å². The first-order valence-electron chi connectivity index (χ1n) is 4.79. The van der Waals surface area contributed by atoms with Crippen molar-refractivity contribution in [3.8, 4) is 5.69 Å². The molecule has 14 heavy (non-hydrogen) atoms. The molecule has 2 nitrogen and oxygen atoms in total. The van der Waals surface area contributed by atoms with Crippen LogP contribution in [0.5, 0.6) is 0 Å². The van der Waals surface area contributed by atoms with Crippen LogP contribution in [0.25, 0.3) is 5.69 Å². The molecule has 0 unspecified atom stereocenters. The second-order valence-electron chi connectivity index (χ2n) is 3.70. The van der Waals surface area contributed by atoms with Crippen molar-refractivity contribution in [3.05, 3.63) is 47.8 Å². The van der Waals surface area contributed by atoms with Gasteiger partial charge in [-0.2, -0.15) is 0 Å². The van der Waals surface area contributed by atoms with E-state index < -0.39 is 0 Å². The Kier molecular flexibility index (Phi) is 2.12. The summed E-state index contributed by atoms with van der Waals surface area (Å²) < 4.78 is 4.20. The number of nitrogens with zero attached hydrogens (tertiary/aromatic N) is 2. The number of aryl methyl sites for hydroxylation is 3. The fourth-order valence-corrected chi connectivity index (χ4v) is 1.73. The Bertz CT molecular complexity index is 455. The lowest BCUT2D eigenvalue weighted by Gasteiger charge is -2.05. The SMILES string of the molecule is Cc1ccc(-n2ccc[n+]2C)c(C)c1. The second kappa shape index (κ2) is 3.29. The molecule has 72 valence electrons. The molecule has 1 heterocycles. The molecule has 0 aliphatic heterocycles. The first-order chi connectivity index (χ1) is 6.68. The van der Waals surface area contributed by atoms with Gasteiger partial charge in [0, 0.05) is 6.07 Å². The van der Waals surface area contributed by atoms with Crippen molar-refractivity contribution < 1.29 is 4.68 Å². The zero-order chi connectivity index (χ0) is 10.1. The summed E-state index contributed by atoms with van der Waals surface area (Å²) in [6.07, 6.45) is 4.11. The van der Waals surface area contributed by atoms with Gasteiger partial charge in [0.2, 0.25) is 0 Å². The molecule has 0 amide bonds. The zero-order valence-corrected chi connectivity index (χ0v) is 8.86. The largest absolute Gasteiger partial charge is 0.195 e. The van der Waals surface area contributed by atoms with E-state index in [9.17, 15) is 0 Å². The summed E-state index contributed by atoms with van der Waals surface area (Å²) in [5.41, 5.74) is 3.85. The third-order valence-electron chi connectivity index (χ3n) is 2.47. The van der Waals surface area contributed by atoms with Crippen LogP contribution in [0.4, 0.5) is 0 Å². The Morgan fingerprint density at radius 1 is 1.21 bits per heavy atom. The summed E-state index contributed by atoms with van der Waals surface area (Å²) in [5, 5.41) is 0. The van der Waals surface area contributed by atoms with Gasteiger partial charge in [0.25, 0.3) is 0 Å². The maximum Gasteiger partial charge on any atom is 0.195 e. The predicted molar refractivity (Wildman–Crippen MR) is 56.4 cm³/mol. The maximum absolute atomic E-state index is 2.20. The van der Waals surface area contributed by atoms with Crippen molar-refractivity contribution in [3.63, 3.8) is 0 Å². The van der Waals surface area contributed by atoms with E-state index in [0.717, 1.165) is 0 Å². The van der Waals surface area contributed by atoms with Crippen LogP contribution in [0.1, 0.15) is 11.1 Å². The van der Waals surface area contributed by atoms with E-state index in [1.54, 1.807) is 0 Å². The van der Waals surface area contributed by atoms with Gasteiger partial charge in [-0.15, -0.1) is 9.36 Å². The molecule has 0 saturated carbocycles. The second-order valence-corrected chi connectivity index (χ2v) is 3.70. The molecule has 0 spiro atoms. The van der Waals surface area contributed by atoms with Gasteiger partial charge in [-0.25, -0.2) is 0 Å². The number of aromatic nitrogens is 2. The molecule has 0 aliphatic carbocycles. The van der Waals surface area contributed by atoms with E-state index in [1.807, 2.05) is 19.3 Å². The van der Waals surface area contributed by atoms with Crippen LogP contribution in [-0.4, -0.2) is 4.68 Å². The van der Waals surface area contributed by atoms with Gasteiger partial charge >= 0.3 is 0 Å². The molecule has 0 atom stereocenters. The van der Waals surface area contributed by atoms with Crippen LogP contribution in [0.3, 0.4) is 0 Å². The van der Waals surface area contributed by atoms with Crippen molar-refractivity contribution in [1.82, 2.24) is 4.68 Å². The highest BCUT2D eigenvalue weighted by Crippen LogP contribution is 2.13. The molecule has 2 rings (SSSR count). The molecule has 0 aliphatic rings. The Hall–Kier alpha value is -1.57. The molecular formula is C12H15N2+. The van der Waals surface area contributed by atoms with Gasteiger partial charge in [-0.05, 0) is 25.5 Å². The lowest BCUT2D eigenvalue weighted by molar-refractivity contribution is -0.744. The topological polar surface area (TPSA) is 8.81 Å². The Labute approximate surface area is 84.4 Å². The highest BCUT2D eigenvalue weighted by molar-refractivity contribution is 5.40. The average molecular weight is 187 g/mol. The minimum Gasteiger partial charge on any atom is -0.128 e. The summed E-state index contributed by atoms with van der Waals surface area (Å²) >= 11 is 0. The third-order valence-corrected chi connectivity index (χ3v) is 2.47. The molecule has 0 radical (unpaired) electrons. The minimum atomic E-state index is 1.24.